The summed E-state index contributed by atoms with van der Waals surface area (Å²) in [4.78, 5) is 10.4. The minimum Gasteiger partial charge on any atom is -0.309 e. The molecule has 0 atom stereocenters. The Hall–Kier alpha value is -10.3. The molecule has 6 heteroatoms. The molecule has 0 radical (unpaired) electrons. The van der Waals surface area contributed by atoms with Crippen molar-refractivity contribution in [3.8, 4) is 56.7 Å². The Kier molecular flexibility index (Phi) is 9.45. The third-order valence-electron chi connectivity index (χ3n) is 15.8. The first kappa shape index (κ1) is 43.1. The topological polar surface area (TPSA) is 45.5 Å². The van der Waals surface area contributed by atoms with Gasteiger partial charge >= 0.3 is 0 Å². The number of aryl methyl sites for hydroxylation is 1. The highest BCUT2D eigenvalue weighted by Crippen LogP contribution is 2.47. The molecule has 5 heterocycles. The fourth-order valence-electron chi connectivity index (χ4n) is 12.6. The highest BCUT2D eigenvalue weighted by molar-refractivity contribution is 6.29. The summed E-state index contributed by atoms with van der Waals surface area (Å²) < 4.78 is 9.89. The first-order valence-corrected chi connectivity index (χ1v) is 26.3. The van der Waals surface area contributed by atoms with Gasteiger partial charge in [0.15, 0.2) is 5.82 Å². The lowest BCUT2D eigenvalue weighted by Gasteiger charge is -2.12. The number of aromatic nitrogens is 6. The lowest BCUT2D eigenvalue weighted by atomic mass is 10.0. The quantitative estimate of drug-likeness (QED) is 0.160. The van der Waals surface area contributed by atoms with E-state index in [1.54, 1.807) is 0 Å². The van der Waals surface area contributed by atoms with Gasteiger partial charge in [0.1, 0.15) is 0 Å². The Morgan fingerprint density at radius 3 is 1.38 bits per heavy atom. The van der Waals surface area contributed by atoms with Crippen LogP contribution in [0.1, 0.15) is 5.56 Å². The van der Waals surface area contributed by atoms with E-state index in [0.717, 1.165) is 67.4 Å². The third kappa shape index (κ3) is 6.49. The van der Waals surface area contributed by atoms with Gasteiger partial charge in [-0.2, -0.15) is 0 Å². The van der Waals surface area contributed by atoms with Crippen molar-refractivity contribution in [2.24, 2.45) is 0 Å². The van der Waals surface area contributed by atoms with E-state index in [1.807, 2.05) is 24.3 Å². The number of nitrogens with zero attached hydrogens (tertiary/aromatic N) is 6. The van der Waals surface area contributed by atoms with Crippen LogP contribution in [0.15, 0.2) is 261 Å². The van der Waals surface area contributed by atoms with E-state index in [1.165, 1.54) is 76.2 Å². The van der Waals surface area contributed by atoms with Crippen LogP contribution in [0.4, 0.5) is 0 Å². The van der Waals surface area contributed by atoms with Crippen molar-refractivity contribution in [1.82, 2.24) is 28.2 Å². The van der Waals surface area contributed by atoms with E-state index in [9.17, 15) is 0 Å². The Bertz CT molecular complexity index is 4950. The molecule has 16 aromatic rings. The maximum Gasteiger partial charge on any atom is 0.160 e. The minimum atomic E-state index is 0.696. The smallest absolute Gasteiger partial charge is 0.160 e. The molecule has 5 aromatic heterocycles. The average Bonchev–Trinajstić information content (AvgIpc) is 4.23. The molecule has 0 N–H and O–H groups in total. The molecule has 0 aliphatic rings. The summed E-state index contributed by atoms with van der Waals surface area (Å²) in [5.41, 5.74) is 19.9. The van der Waals surface area contributed by atoms with Crippen molar-refractivity contribution < 1.29 is 0 Å². The first-order valence-electron chi connectivity index (χ1n) is 26.3. The average molecular weight is 983 g/mol. The number of rotatable bonds is 7. The molecule has 0 fully saturated rings. The van der Waals surface area contributed by atoms with Crippen LogP contribution < -0.4 is 0 Å². The van der Waals surface area contributed by atoms with Crippen LogP contribution >= 0.6 is 0 Å². The summed E-state index contributed by atoms with van der Waals surface area (Å²) in [6, 6.07) is 94.1. The van der Waals surface area contributed by atoms with Crippen molar-refractivity contribution in [1.29, 1.82) is 0 Å². The van der Waals surface area contributed by atoms with Gasteiger partial charge in [-0.15, -0.1) is 0 Å². The number of para-hydroxylation sites is 5. The highest BCUT2D eigenvalue weighted by Gasteiger charge is 2.26. The van der Waals surface area contributed by atoms with Gasteiger partial charge in [0, 0.05) is 82.5 Å². The molecule has 0 saturated heterocycles. The molecule has 0 saturated carbocycles. The van der Waals surface area contributed by atoms with Crippen LogP contribution in [-0.4, -0.2) is 28.2 Å². The standard InChI is InChI=1S/C71H46N6/c1-45-41-65-68(56-32-18-19-33-60(56)74(65)49-25-11-4-12-26-49)70-66(45)57-43-52(36-39-62(57)76(70)50-27-13-5-14-28-50)75-61-34-20-17-31-55(61)67-63(75)40-38-54-53-37-35-48(42-64(53)77(69(54)67)51-29-15-6-16-30-51)59-44-58(46-21-7-2-8-22-46)72-71(73-59)47-23-9-3-10-24-47/h2-44H,1H3. The molecule has 0 bridgehead atoms. The fraction of sp³-hybridized carbons (Fsp3) is 0.0141. The van der Waals surface area contributed by atoms with Crippen molar-refractivity contribution in [3.63, 3.8) is 0 Å². The molecule has 360 valence electrons. The van der Waals surface area contributed by atoms with Crippen molar-refractivity contribution >= 4 is 87.2 Å². The molecule has 0 amide bonds. The predicted molar refractivity (Wildman–Crippen MR) is 320 cm³/mol. The largest absolute Gasteiger partial charge is 0.309 e. The van der Waals surface area contributed by atoms with Crippen molar-refractivity contribution in [3.05, 3.63) is 266 Å². The molecule has 11 aromatic carbocycles. The molecule has 0 spiro atoms. The van der Waals surface area contributed by atoms with Crippen LogP contribution in [-0.2, 0) is 0 Å². The zero-order valence-corrected chi connectivity index (χ0v) is 42.0. The second-order valence-electron chi connectivity index (χ2n) is 20.2. The SMILES string of the molecule is Cc1cc2c(c3ccccc3n2-c2ccccc2)c2c1c1cc(-n3c4ccccc4c4c3ccc3c5ccc(-c6cc(-c7ccccc7)nc(-c7ccccc7)n6)cc5n(-c5ccccc5)c34)ccc1n2-c1ccccc1. The second kappa shape index (κ2) is 16.9. The zero-order chi connectivity index (χ0) is 50.7. The molecule has 0 aliphatic carbocycles. The van der Waals surface area contributed by atoms with Gasteiger partial charge < -0.3 is 18.3 Å². The second-order valence-corrected chi connectivity index (χ2v) is 20.2. The van der Waals surface area contributed by atoms with Gasteiger partial charge in [-0.05, 0) is 103 Å². The van der Waals surface area contributed by atoms with Crippen molar-refractivity contribution in [2.75, 3.05) is 0 Å². The van der Waals surface area contributed by atoms with Gasteiger partial charge in [0.2, 0.25) is 0 Å². The van der Waals surface area contributed by atoms with Crippen LogP contribution in [0.5, 0.6) is 0 Å². The maximum absolute atomic E-state index is 5.27. The third-order valence-corrected chi connectivity index (χ3v) is 15.8. The summed E-state index contributed by atoms with van der Waals surface area (Å²) in [6.45, 7) is 2.29. The van der Waals surface area contributed by atoms with Gasteiger partial charge in [-0.25, -0.2) is 9.97 Å². The van der Waals surface area contributed by atoms with E-state index in [0.29, 0.717) is 5.82 Å². The van der Waals surface area contributed by atoms with Crippen LogP contribution in [0.2, 0.25) is 0 Å². The maximum atomic E-state index is 5.27. The molecule has 6 nitrogen and oxygen atoms in total. The predicted octanol–water partition coefficient (Wildman–Crippen LogP) is 18.2. The summed E-state index contributed by atoms with van der Waals surface area (Å²) in [6.07, 6.45) is 0. The number of fused-ring (bicyclic) bond motifs is 14. The normalized spacial score (nSPS) is 12.0. The first-order chi connectivity index (χ1) is 38.1. The Labute approximate surface area is 443 Å². The molecular weight excluding hydrogens is 937 g/mol. The summed E-state index contributed by atoms with van der Waals surface area (Å²) in [5.74, 6) is 0.696. The van der Waals surface area contributed by atoms with E-state index in [4.69, 9.17) is 9.97 Å². The monoisotopic (exact) mass is 982 g/mol. The lowest BCUT2D eigenvalue weighted by molar-refractivity contribution is 1.16. The van der Waals surface area contributed by atoms with Crippen LogP contribution in [0.3, 0.4) is 0 Å². The molecule has 16 rings (SSSR count). The van der Waals surface area contributed by atoms with Gasteiger partial charge in [-0.1, -0.05) is 170 Å². The van der Waals surface area contributed by atoms with E-state index in [-0.39, 0.29) is 0 Å². The van der Waals surface area contributed by atoms with Crippen LogP contribution in [0.25, 0.3) is 144 Å². The number of hydrogen-bond acceptors (Lipinski definition) is 2. The van der Waals surface area contributed by atoms with E-state index < -0.39 is 0 Å². The molecule has 0 aliphatic heterocycles. The van der Waals surface area contributed by atoms with E-state index in [2.05, 4.69) is 262 Å². The molecule has 0 unspecified atom stereocenters. The summed E-state index contributed by atoms with van der Waals surface area (Å²) in [5, 5.41) is 9.72. The van der Waals surface area contributed by atoms with Gasteiger partial charge in [0.05, 0.1) is 55.5 Å². The summed E-state index contributed by atoms with van der Waals surface area (Å²) in [7, 11) is 0. The fourth-order valence-corrected chi connectivity index (χ4v) is 12.6. The van der Waals surface area contributed by atoms with Crippen molar-refractivity contribution in [2.45, 2.75) is 6.92 Å². The lowest BCUT2D eigenvalue weighted by Crippen LogP contribution is -1.97. The number of benzene rings is 11. The minimum absolute atomic E-state index is 0.696. The van der Waals surface area contributed by atoms with E-state index >= 15 is 0 Å². The molecular formula is C71H46N6. The number of hydrogen-bond donors (Lipinski definition) is 0. The van der Waals surface area contributed by atoms with Gasteiger partial charge in [0.25, 0.3) is 0 Å². The molecule has 77 heavy (non-hydrogen) atoms. The zero-order valence-electron chi connectivity index (χ0n) is 42.0. The Balaban J connectivity index is 0.963. The highest BCUT2D eigenvalue weighted by atomic mass is 15.0. The van der Waals surface area contributed by atoms with Crippen LogP contribution in [0, 0.1) is 6.92 Å². The summed E-state index contributed by atoms with van der Waals surface area (Å²) >= 11 is 0. The van der Waals surface area contributed by atoms with Gasteiger partial charge in [-0.3, -0.25) is 0 Å². The Morgan fingerprint density at radius 2 is 0.740 bits per heavy atom. The Morgan fingerprint density at radius 1 is 0.260 bits per heavy atom.